The number of furan rings is 1. The fourth-order valence-corrected chi connectivity index (χ4v) is 2.83. The smallest absolute Gasteiger partial charge is 0.289 e. The second-order valence-electron chi connectivity index (χ2n) is 5.19. The molecule has 4 nitrogen and oxygen atoms in total. The number of aliphatic hydroxyl groups is 1. The van der Waals surface area contributed by atoms with Crippen molar-refractivity contribution in [3.8, 4) is 0 Å². The van der Waals surface area contributed by atoms with E-state index in [1.165, 1.54) is 0 Å². The van der Waals surface area contributed by atoms with E-state index in [0.29, 0.717) is 35.4 Å². The summed E-state index contributed by atoms with van der Waals surface area (Å²) in [4.78, 5) is 14.2. The number of carbonyl (C=O) groups is 1. The SMILES string of the molecule is O=C(c1cc2cccc(Cl)c2o1)N1CCC(CO)CC1. The highest BCUT2D eigenvalue weighted by atomic mass is 35.5. The monoisotopic (exact) mass is 293 g/mol. The summed E-state index contributed by atoms with van der Waals surface area (Å²) in [6.07, 6.45) is 1.67. The highest BCUT2D eigenvalue weighted by Crippen LogP contribution is 2.28. The third-order valence-corrected chi connectivity index (χ3v) is 4.16. The summed E-state index contributed by atoms with van der Waals surface area (Å²) in [5.74, 6) is 0.536. The molecule has 1 aromatic heterocycles. The van der Waals surface area contributed by atoms with Crippen molar-refractivity contribution in [1.82, 2.24) is 4.90 Å². The lowest BCUT2D eigenvalue weighted by Gasteiger charge is -2.30. The normalized spacial score (nSPS) is 16.8. The predicted octanol–water partition coefficient (Wildman–Crippen LogP) is 2.93. The summed E-state index contributed by atoms with van der Waals surface area (Å²) in [7, 11) is 0. The molecule has 1 N–H and O–H groups in total. The standard InChI is InChI=1S/C15H16ClNO3/c16-12-3-1-2-11-8-13(20-14(11)12)15(19)17-6-4-10(9-18)5-7-17/h1-3,8,10,18H,4-7,9H2. The van der Waals surface area contributed by atoms with Crippen molar-refractivity contribution < 1.29 is 14.3 Å². The highest BCUT2D eigenvalue weighted by molar-refractivity contribution is 6.34. The molecule has 2 heterocycles. The number of hydrogen-bond acceptors (Lipinski definition) is 3. The second-order valence-corrected chi connectivity index (χ2v) is 5.59. The molecule has 2 aromatic rings. The molecule has 1 fully saturated rings. The van der Waals surface area contributed by atoms with Crippen LogP contribution in [-0.4, -0.2) is 35.6 Å². The van der Waals surface area contributed by atoms with E-state index in [2.05, 4.69) is 0 Å². The topological polar surface area (TPSA) is 53.7 Å². The number of para-hydroxylation sites is 1. The molecule has 0 atom stereocenters. The van der Waals surface area contributed by atoms with Crippen LogP contribution in [0.2, 0.25) is 5.02 Å². The predicted molar refractivity (Wildman–Crippen MR) is 76.9 cm³/mol. The van der Waals surface area contributed by atoms with Gasteiger partial charge in [-0.15, -0.1) is 0 Å². The third kappa shape index (κ3) is 2.41. The number of piperidine rings is 1. The lowest BCUT2D eigenvalue weighted by molar-refractivity contribution is 0.0622. The molecule has 20 heavy (non-hydrogen) atoms. The van der Waals surface area contributed by atoms with E-state index in [9.17, 15) is 4.79 Å². The Morgan fingerprint density at radius 1 is 1.40 bits per heavy atom. The summed E-state index contributed by atoms with van der Waals surface area (Å²) in [6.45, 7) is 1.52. The minimum Gasteiger partial charge on any atom is -0.449 e. The molecule has 1 amide bonds. The van der Waals surface area contributed by atoms with Crippen LogP contribution in [0.5, 0.6) is 0 Å². The zero-order chi connectivity index (χ0) is 14.1. The molecule has 3 rings (SSSR count). The van der Waals surface area contributed by atoms with Crippen LogP contribution in [0, 0.1) is 5.92 Å². The van der Waals surface area contributed by atoms with Gasteiger partial charge in [-0.25, -0.2) is 0 Å². The minimum atomic E-state index is -0.103. The highest BCUT2D eigenvalue weighted by Gasteiger charge is 2.25. The number of hydrogen-bond donors (Lipinski definition) is 1. The molecule has 0 bridgehead atoms. The van der Waals surface area contributed by atoms with Gasteiger partial charge in [0, 0.05) is 25.1 Å². The van der Waals surface area contributed by atoms with E-state index in [-0.39, 0.29) is 12.5 Å². The van der Waals surface area contributed by atoms with Crippen LogP contribution < -0.4 is 0 Å². The van der Waals surface area contributed by atoms with Crippen LogP contribution in [0.25, 0.3) is 11.0 Å². The molecule has 0 unspecified atom stereocenters. The van der Waals surface area contributed by atoms with Crippen LogP contribution in [0.3, 0.4) is 0 Å². The van der Waals surface area contributed by atoms with E-state index in [1.54, 1.807) is 17.0 Å². The first-order valence-corrected chi connectivity index (χ1v) is 7.15. The van der Waals surface area contributed by atoms with Crippen molar-refractivity contribution in [3.63, 3.8) is 0 Å². The van der Waals surface area contributed by atoms with E-state index in [4.69, 9.17) is 21.1 Å². The minimum absolute atomic E-state index is 0.103. The van der Waals surface area contributed by atoms with Crippen LogP contribution >= 0.6 is 11.6 Å². The van der Waals surface area contributed by atoms with Gasteiger partial charge in [-0.1, -0.05) is 23.7 Å². The lowest BCUT2D eigenvalue weighted by atomic mass is 9.98. The molecule has 0 radical (unpaired) electrons. The average molecular weight is 294 g/mol. The number of nitrogens with zero attached hydrogens (tertiary/aromatic N) is 1. The van der Waals surface area contributed by atoms with Crippen LogP contribution in [-0.2, 0) is 0 Å². The van der Waals surface area contributed by atoms with Gasteiger partial charge in [0.05, 0.1) is 5.02 Å². The number of rotatable bonds is 2. The Balaban J connectivity index is 1.81. The largest absolute Gasteiger partial charge is 0.449 e. The molecule has 106 valence electrons. The molecular weight excluding hydrogens is 278 g/mol. The Morgan fingerprint density at radius 2 is 2.15 bits per heavy atom. The van der Waals surface area contributed by atoms with E-state index >= 15 is 0 Å². The zero-order valence-corrected chi connectivity index (χ0v) is 11.8. The van der Waals surface area contributed by atoms with Crippen molar-refractivity contribution in [1.29, 1.82) is 0 Å². The third-order valence-electron chi connectivity index (χ3n) is 3.87. The van der Waals surface area contributed by atoms with Gasteiger partial charge < -0.3 is 14.4 Å². The van der Waals surface area contributed by atoms with Gasteiger partial charge in [-0.05, 0) is 30.9 Å². The Bertz CT molecular complexity index is 629. The number of likely N-dealkylation sites (tertiary alicyclic amines) is 1. The van der Waals surface area contributed by atoms with Crippen molar-refractivity contribution in [3.05, 3.63) is 35.0 Å². The van der Waals surface area contributed by atoms with Gasteiger partial charge in [-0.3, -0.25) is 4.79 Å². The average Bonchev–Trinajstić information content (AvgIpc) is 2.92. The Kier molecular flexibility index (Phi) is 3.68. The molecule has 1 saturated heterocycles. The Morgan fingerprint density at radius 3 is 2.80 bits per heavy atom. The van der Waals surface area contributed by atoms with Crippen LogP contribution in [0.15, 0.2) is 28.7 Å². The summed E-state index contributed by atoms with van der Waals surface area (Å²) in [6, 6.07) is 7.19. The van der Waals surface area contributed by atoms with Crippen molar-refractivity contribution in [2.45, 2.75) is 12.8 Å². The molecule has 1 aliphatic heterocycles. The molecule has 5 heteroatoms. The lowest BCUT2D eigenvalue weighted by Crippen LogP contribution is -2.39. The van der Waals surface area contributed by atoms with Crippen molar-refractivity contribution in [2.24, 2.45) is 5.92 Å². The number of amides is 1. The first-order valence-electron chi connectivity index (χ1n) is 6.77. The van der Waals surface area contributed by atoms with Crippen LogP contribution in [0.1, 0.15) is 23.4 Å². The fraction of sp³-hybridized carbons (Fsp3) is 0.400. The van der Waals surface area contributed by atoms with E-state index in [0.717, 1.165) is 18.2 Å². The van der Waals surface area contributed by atoms with Gasteiger partial charge in [0.15, 0.2) is 11.3 Å². The first kappa shape index (κ1) is 13.5. The second kappa shape index (κ2) is 5.46. The van der Waals surface area contributed by atoms with E-state index < -0.39 is 0 Å². The fourth-order valence-electron chi connectivity index (χ4n) is 2.61. The number of carbonyl (C=O) groups excluding carboxylic acids is 1. The Labute approximate surface area is 121 Å². The van der Waals surface area contributed by atoms with Crippen molar-refractivity contribution >= 4 is 28.5 Å². The summed E-state index contributed by atoms with van der Waals surface area (Å²) < 4.78 is 5.59. The summed E-state index contributed by atoms with van der Waals surface area (Å²) >= 11 is 6.05. The molecule has 0 spiro atoms. The number of fused-ring (bicyclic) bond motifs is 1. The van der Waals surface area contributed by atoms with Gasteiger partial charge in [0.1, 0.15) is 0 Å². The maximum atomic E-state index is 12.4. The van der Waals surface area contributed by atoms with Crippen LogP contribution in [0.4, 0.5) is 0 Å². The van der Waals surface area contributed by atoms with Gasteiger partial charge in [-0.2, -0.15) is 0 Å². The maximum Gasteiger partial charge on any atom is 0.289 e. The van der Waals surface area contributed by atoms with E-state index in [1.807, 2.05) is 12.1 Å². The number of aliphatic hydroxyl groups excluding tert-OH is 1. The molecular formula is C15H16ClNO3. The molecule has 0 saturated carbocycles. The summed E-state index contributed by atoms with van der Waals surface area (Å²) in [5.41, 5.74) is 0.558. The number of halogens is 1. The van der Waals surface area contributed by atoms with Crippen molar-refractivity contribution in [2.75, 3.05) is 19.7 Å². The quantitative estimate of drug-likeness (QED) is 0.926. The molecule has 1 aliphatic rings. The first-order chi connectivity index (χ1) is 9.69. The summed E-state index contributed by atoms with van der Waals surface area (Å²) in [5, 5.41) is 10.5. The maximum absolute atomic E-state index is 12.4. The van der Waals surface area contributed by atoms with Gasteiger partial charge in [0.25, 0.3) is 5.91 Å². The molecule has 0 aliphatic carbocycles. The van der Waals surface area contributed by atoms with Gasteiger partial charge >= 0.3 is 0 Å². The molecule has 1 aromatic carbocycles. The van der Waals surface area contributed by atoms with Gasteiger partial charge in [0.2, 0.25) is 0 Å². The number of benzene rings is 1. The zero-order valence-electron chi connectivity index (χ0n) is 11.0. The Hall–Kier alpha value is -1.52.